The summed E-state index contributed by atoms with van der Waals surface area (Å²) < 4.78 is 2.23. The highest BCUT2D eigenvalue weighted by atomic mass is 79.9. The molecule has 0 aliphatic carbocycles. The number of hydrazone groups is 1. The third kappa shape index (κ3) is 3.25. The van der Waals surface area contributed by atoms with Crippen LogP contribution < -0.4 is 5.56 Å². The summed E-state index contributed by atoms with van der Waals surface area (Å²) in [5, 5.41) is 9.39. The highest BCUT2D eigenvalue weighted by Crippen LogP contribution is 2.34. The Hall–Kier alpha value is -3.78. The second-order valence-electron chi connectivity index (χ2n) is 8.05. The predicted molar refractivity (Wildman–Crippen MR) is 130 cm³/mol. The average molecular weight is 503 g/mol. The first-order valence-electron chi connectivity index (χ1n) is 10.3. The van der Waals surface area contributed by atoms with Gasteiger partial charge in [0.25, 0.3) is 17.4 Å². The van der Waals surface area contributed by atoms with Crippen molar-refractivity contribution in [2.45, 2.75) is 20.8 Å². The number of nitrogens with one attached hydrogen (secondary N) is 1. The minimum absolute atomic E-state index is 0.272. The third-order valence-electron chi connectivity index (χ3n) is 6.00. The molecule has 0 bridgehead atoms. The molecular weight excluding hydrogens is 484 g/mol. The zero-order chi connectivity index (χ0) is 23.4. The predicted octanol–water partition coefficient (Wildman–Crippen LogP) is 4.64. The molecule has 7 nitrogen and oxygen atoms in total. The number of aromatic nitrogens is 2. The number of halogens is 1. The number of hydrogen-bond acceptors (Lipinski definition) is 4. The van der Waals surface area contributed by atoms with Crippen LogP contribution in [0.3, 0.4) is 0 Å². The van der Waals surface area contributed by atoms with E-state index in [9.17, 15) is 14.4 Å². The lowest BCUT2D eigenvalue weighted by Gasteiger charge is -2.23. The molecule has 1 N–H and O–H groups in total. The Kier molecular flexibility index (Phi) is 4.90. The van der Waals surface area contributed by atoms with Crippen LogP contribution in [-0.2, 0) is 0 Å². The molecule has 0 unspecified atom stereocenters. The Morgan fingerprint density at radius 1 is 0.909 bits per heavy atom. The zero-order valence-corrected chi connectivity index (χ0v) is 19.7. The van der Waals surface area contributed by atoms with Crippen molar-refractivity contribution < 1.29 is 9.59 Å². The van der Waals surface area contributed by atoms with Gasteiger partial charge in [-0.15, -0.1) is 0 Å². The number of hydrogen-bond donors (Lipinski definition) is 1. The molecule has 1 aliphatic heterocycles. The van der Waals surface area contributed by atoms with E-state index in [0.29, 0.717) is 27.9 Å². The van der Waals surface area contributed by atoms with E-state index in [1.165, 1.54) is 10.9 Å². The first-order chi connectivity index (χ1) is 15.8. The van der Waals surface area contributed by atoms with Gasteiger partial charge in [-0.1, -0.05) is 34.1 Å². The summed E-state index contributed by atoms with van der Waals surface area (Å²) in [5.74, 6) is -1.06. The normalized spacial score (nSPS) is 13.5. The lowest BCUT2D eigenvalue weighted by molar-refractivity contribution is 0.0616. The fourth-order valence-electron chi connectivity index (χ4n) is 4.03. The molecule has 4 aromatic rings. The highest BCUT2D eigenvalue weighted by molar-refractivity contribution is 9.10. The van der Waals surface area contributed by atoms with Crippen molar-refractivity contribution >= 4 is 44.7 Å². The number of benzene rings is 3. The smallest absolute Gasteiger partial charge is 0.282 e. The number of rotatable bonds is 3. The number of aryl methyl sites for hydroxylation is 3. The first-order valence-corrected chi connectivity index (χ1v) is 11.1. The summed E-state index contributed by atoms with van der Waals surface area (Å²) in [4.78, 5) is 39.3. The molecule has 2 heterocycles. The number of nitrogens with zero attached hydrogens (tertiary/aromatic N) is 3. The van der Waals surface area contributed by atoms with Crippen molar-refractivity contribution in [2.75, 3.05) is 0 Å². The van der Waals surface area contributed by atoms with Crippen molar-refractivity contribution in [1.82, 2.24) is 14.8 Å². The van der Waals surface area contributed by atoms with Crippen LogP contribution in [0.1, 0.15) is 43.1 Å². The van der Waals surface area contributed by atoms with Crippen LogP contribution in [0.4, 0.5) is 0 Å². The van der Waals surface area contributed by atoms with E-state index >= 15 is 0 Å². The molecule has 0 radical (unpaired) electrons. The SMILES string of the molecule is Cc1ccc(-n2[nH]c(C)c(C=NN3C(=O)c4cccc5c(Br)ccc(c45)C3=O)c2=O)cc1C. The summed E-state index contributed by atoms with van der Waals surface area (Å²) in [6.07, 6.45) is 1.27. The minimum Gasteiger partial charge on any atom is -0.295 e. The van der Waals surface area contributed by atoms with Gasteiger partial charge in [-0.05, 0) is 67.6 Å². The van der Waals surface area contributed by atoms with E-state index in [1.54, 1.807) is 31.2 Å². The summed E-state index contributed by atoms with van der Waals surface area (Å²) >= 11 is 3.47. The zero-order valence-electron chi connectivity index (χ0n) is 18.1. The van der Waals surface area contributed by atoms with Gasteiger partial charge in [0.15, 0.2) is 0 Å². The van der Waals surface area contributed by atoms with Gasteiger partial charge >= 0.3 is 0 Å². The second-order valence-corrected chi connectivity index (χ2v) is 8.90. The maximum atomic E-state index is 13.1. The molecule has 5 rings (SSSR count). The van der Waals surface area contributed by atoms with Crippen LogP contribution >= 0.6 is 15.9 Å². The lowest BCUT2D eigenvalue weighted by Crippen LogP contribution is -2.36. The fourth-order valence-corrected chi connectivity index (χ4v) is 4.49. The molecule has 0 spiro atoms. The van der Waals surface area contributed by atoms with Crippen molar-refractivity contribution in [3.05, 3.63) is 96.9 Å². The number of carbonyl (C=O) groups excluding carboxylic acids is 2. The summed E-state index contributed by atoms with van der Waals surface area (Å²) in [6.45, 7) is 5.73. The van der Waals surface area contributed by atoms with Gasteiger partial charge in [-0.2, -0.15) is 10.1 Å². The number of imide groups is 1. The fraction of sp³-hybridized carbons (Fsp3) is 0.120. The monoisotopic (exact) mass is 502 g/mol. The van der Waals surface area contributed by atoms with Crippen LogP contribution in [0.25, 0.3) is 16.5 Å². The van der Waals surface area contributed by atoms with Crippen LogP contribution in [-0.4, -0.2) is 32.8 Å². The van der Waals surface area contributed by atoms with E-state index in [4.69, 9.17) is 0 Å². The van der Waals surface area contributed by atoms with Gasteiger partial charge in [0.2, 0.25) is 0 Å². The van der Waals surface area contributed by atoms with Gasteiger partial charge in [0, 0.05) is 15.6 Å². The van der Waals surface area contributed by atoms with Gasteiger partial charge in [0.1, 0.15) is 0 Å². The molecule has 1 aliphatic rings. The maximum absolute atomic E-state index is 13.1. The topological polar surface area (TPSA) is 87.5 Å². The molecule has 3 aromatic carbocycles. The number of amides is 2. The summed E-state index contributed by atoms with van der Waals surface area (Å²) in [6, 6.07) is 14.4. The minimum atomic E-state index is -0.532. The maximum Gasteiger partial charge on any atom is 0.282 e. The molecule has 0 saturated heterocycles. The Labute approximate surface area is 197 Å². The van der Waals surface area contributed by atoms with E-state index in [-0.39, 0.29) is 11.1 Å². The van der Waals surface area contributed by atoms with E-state index in [1.807, 2.05) is 38.1 Å². The standard InChI is InChI=1S/C25H19BrN4O3/c1-13-7-8-16(11-14(13)2)29-25(33)20(15(3)28-29)12-27-30-23(31)18-6-4-5-17-21(26)10-9-19(22(17)18)24(30)32/h4-12,28H,1-3H3. The largest absolute Gasteiger partial charge is 0.295 e. The summed E-state index contributed by atoms with van der Waals surface area (Å²) in [7, 11) is 0. The van der Waals surface area contributed by atoms with Crippen molar-refractivity contribution in [3.8, 4) is 5.69 Å². The van der Waals surface area contributed by atoms with Crippen LogP contribution in [0.15, 0.2) is 62.9 Å². The van der Waals surface area contributed by atoms with E-state index in [2.05, 4.69) is 26.1 Å². The summed E-state index contributed by atoms with van der Waals surface area (Å²) in [5.41, 5.74) is 4.19. The molecule has 0 atom stereocenters. The molecule has 33 heavy (non-hydrogen) atoms. The highest BCUT2D eigenvalue weighted by Gasteiger charge is 2.33. The molecule has 164 valence electrons. The van der Waals surface area contributed by atoms with Gasteiger partial charge in [0.05, 0.1) is 28.6 Å². The van der Waals surface area contributed by atoms with Crippen molar-refractivity contribution in [1.29, 1.82) is 0 Å². The molecule has 0 fully saturated rings. The number of aromatic amines is 1. The Morgan fingerprint density at radius 2 is 1.64 bits per heavy atom. The molecule has 0 saturated carbocycles. The molecular formula is C25H19BrN4O3. The first kappa shape index (κ1) is 21.1. The average Bonchev–Trinajstić information content (AvgIpc) is 3.08. The Bertz CT molecular complexity index is 1560. The van der Waals surface area contributed by atoms with E-state index in [0.717, 1.165) is 26.0 Å². The molecule has 8 heteroatoms. The third-order valence-corrected chi connectivity index (χ3v) is 6.69. The van der Waals surface area contributed by atoms with Crippen molar-refractivity contribution in [3.63, 3.8) is 0 Å². The van der Waals surface area contributed by atoms with E-state index < -0.39 is 11.8 Å². The van der Waals surface area contributed by atoms with Crippen LogP contribution in [0.2, 0.25) is 0 Å². The van der Waals surface area contributed by atoms with Crippen molar-refractivity contribution in [2.24, 2.45) is 5.10 Å². The Balaban J connectivity index is 1.55. The van der Waals surface area contributed by atoms with Crippen LogP contribution in [0.5, 0.6) is 0 Å². The van der Waals surface area contributed by atoms with Crippen LogP contribution in [0, 0.1) is 20.8 Å². The lowest BCUT2D eigenvalue weighted by atomic mass is 9.95. The van der Waals surface area contributed by atoms with Gasteiger partial charge in [-0.3, -0.25) is 19.5 Å². The molecule has 2 amide bonds. The number of carbonyl (C=O) groups is 2. The quantitative estimate of drug-likeness (QED) is 0.327. The number of H-pyrrole nitrogens is 1. The van der Waals surface area contributed by atoms with Gasteiger partial charge < -0.3 is 0 Å². The van der Waals surface area contributed by atoms with Gasteiger partial charge in [-0.25, -0.2) is 4.68 Å². The Morgan fingerprint density at radius 3 is 2.36 bits per heavy atom. The second kappa shape index (κ2) is 7.67. The molecule has 1 aromatic heterocycles.